The van der Waals surface area contributed by atoms with Gasteiger partial charge in [-0.05, 0) is 13.8 Å². The molecule has 3 N–H and O–H groups in total. The Labute approximate surface area is 90.5 Å². The van der Waals surface area contributed by atoms with E-state index in [-0.39, 0.29) is 14.0 Å². The third kappa shape index (κ3) is 687. The first kappa shape index (κ1) is 29.2. The first-order valence-electron chi connectivity index (χ1n) is 3.69. The van der Waals surface area contributed by atoms with Crippen LogP contribution in [-0.2, 0) is 14.4 Å². The number of aliphatic carboxylic acids is 2. The highest BCUT2D eigenvalue weighted by atomic mass is 16.4. The van der Waals surface area contributed by atoms with Crippen molar-refractivity contribution in [1.82, 2.24) is 0 Å². The number of rotatable bonds is 0. The molecular weight excluding hydrogens is 204 g/mol. The average Bonchev–Trinajstić information content (AvgIpc) is 1.85. The van der Waals surface area contributed by atoms with Gasteiger partial charge in [-0.25, -0.2) is 0 Å². The molecule has 0 radical (unpaired) electrons. The number of carbonyl (C=O) groups excluding carboxylic acids is 1. The lowest BCUT2D eigenvalue weighted by Crippen LogP contribution is -1.78. The summed E-state index contributed by atoms with van der Waals surface area (Å²) >= 11 is 0. The first-order chi connectivity index (χ1) is 6.29. The molecule has 0 fully saturated rings. The van der Waals surface area contributed by atoms with Crippen LogP contribution >= 0.6 is 0 Å². The summed E-state index contributed by atoms with van der Waals surface area (Å²) in [6, 6.07) is 0. The summed E-state index contributed by atoms with van der Waals surface area (Å²) in [6.45, 7) is 5.54. The Kier molecular flexibility index (Phi) is 75.9. The third-order valence-corrected chi connectivity index (χ3v) is 0. The van der Waals surface area contributed by atoms with E-state index in [1.54, 1.807) is 6.92 Å². The summed E-state index contributed by atoms with van der Waals surface area (Å²) in [5.74, 6) is -1.67. The van der Waals surface area contributed by atoms with Crippen LogP contribution in [0.15, 0.2) is 0 Å². The minimum absolute atomic E-state index is 0. The van der Waals surface area contributed by atoms with E-state index in [4.69, 9.17) is 29.7 Å². The largest absolute Gasteiger partial charge is 0.481 e. The monoisotopic (exact) mass is 226 g/mol. The van der Waals surface area contributed by atoms with Gasteiger partial charge in [0.15, 0.2) is 0 Å². The van der Waals surface area contributed by atoms with Crippen LogP contribution < -0.4 is 0 Å². The molecule has 0 unspecified atom stereocenters. The van der Waals surface area contributed by atoms with E-state index >= 15 is 0 Å². The zero-order valence-electron chi connectivity index (χ0n) is 8.85. The summed E-state index contributed by atoms with van der Waals surface area (Å²) in [5, 5.41) is 22.4. The molecule has 0 saturated carbocycles. The number of aliphatic hydroxyl groups excluding tert-OH is 1. The Bertz CT molecular complexity index is 113. The second-order valence-corrected chi connectivity index (χ2v) is 1.59. The Morgan fingerprint density at radius 2 is 1.13 bits per heavy atom. The molecule has 6 heteroatoms. The molecule has 0 heterocycles. The second kappa shape index (κ2) is 39.0. The van der Waals surface area contributed by atoms with Crippen molar-refractivity contribution < 1.29 is 29.7 Å². The van der Waals surface area contributed by atoms with Gasteiger partial charge in [-0.3, -0.25) is 9.59 Å². The summed E-state index contributed by atoms with van der Waals surface area (Å²) in [5.41, 5.74) is 0. The summed E-state index contributed by atoms with van der Waals surface area (Å²) in [4.78, 5) is 26.8. The van der Waals surface area contributed by atoms with Crippen LogP contribution in [0.5, 0.6) is 0 Å². The SMILES string of the molecule is C.CC(=O)O.CC(=O)O.CC=O.CCO. The molecule has 0 aliphatic heterocycles. The molecular formula is C9H22O6. The van der Waals surface area contributed by atoms with Crippen LogP contribution in [0.2, 0.25) is 0 Å². The fourth-order valence-electron chi connectivity index (χ4n) is 0. The number of aliphatic hydroxyl groups is 1. The summed E-state index contributed by atoms with van der Waals surface area (Å²) in [6.07, 6.45) is 0.750. The maximum Gasteiger partial charge on any atom is 0.300 e. The third-order valence-electron chi connectivity index (χ3n) is 0. The van der Waals surface area contributed by atoms with E-state index in [9.17, 15) is 0 Å². The Hall–Kier alpha value is -1.43. The molecule has 0 aromatic carbocycles. The van der Waals surface area contributed by atoms with Crippen molar-refractivity contribution in [2.75, 3.05) is 6.61 Å². The highest BCUT2D eigenvalue weighted by Gasteiger charge is 1.65. The van der Waals surface area contributed by atoms with Gasteiger partial charge in [0.25, 0.3) is 11.9 Å². The van der Waals surface area contributed by atoms with Crippen LogP contribution in [0.25, 0.3) is 0 Å². The number of aldehydes is 1. The lowest BCUT2D eigenvalue weighted by atomic mass is 10.9. The molecule has 0 spiro atoms. The topological polar surface area (TPSA) is 112 Å². The van der Waals surface area contributed by atoms with E-state index in [0.29, 0.717) is 0 Å². The number of carboxylic acids is 2. The Morgan fingerprint density at radius 1 is 1.13 bits per heavy atom. The molecule has 6 nitrogen and oxygen atoms in total. The minimum atomic E-state index is -0.833. The Morgan fingerprint density at radius 3 is 1.13 bits per heavy atom. The number of carbonyl (C=O) groups is 3. The number of carboxylic acid groups (broad SMARTS) is 2. The van der Waals surface area contributed by atoms with E-state index < -0.39 is 11.9 Å². The van der Waals surface area contributed by atoms with E-state index in [2.05, 4.69) is 0 Å². The smallest absolute Gasteiger partial charge is 0.300 e. The maximum absolute atomic E-state index is 9.00. The van der Waals surface area contributed by atoms with Gasteiger partial charge in [0.1, 0.15) is 6.29 Å². The zero-order chi connectivity index (χ0) is 12.6. The van der Waals surface area contributed by atoms with Crippen molar-refractivity contribution in [3.8, 4) is 0 Å². The lowest BCUT2D eigenvalue weighted by Gasteiger charge is -1.59. The van der Waals surface area contributed by atoms with Crippen LogP contribution in [-0.4, -0.2) is 40.2 Å². The van der Waals surface area contributed by atoms with Gasteiger partial charge in [-0.2, -0.15) is 0 Å². The van der Waals surface area contributed by atoms with Crippen molar-refractivity contribution in [1.29, 1.82) is 0 Å². The second-order valence-electron chi connectivity index (χ2n) is 1.59. The fraction of sp³-hybridized carbons (Fsp3) is 0.667. The van der Waals surface area contributed by atoms with Gasteiger partial charge in [0.2, 0.25) is 0 Å². The van der Waals surface area contributed by atoms with Gasteiger partial charge in [0.05, 0.1) is 0 Å². The Balaban J connectivity index is -0.0000000293. The maximum atomic E-state index is 9.00. The van der Waals surface area contributed by atoms with Crippen molar-refractivity contribution >= 4 is 18.2 Å². The zero-order valence-corrected chi connectivity index (χ0v) is 8.85. The first-order valence-corrected chi connectivity index (χ1v) is 3.69. The quantitative estimate of drug-likeness (QED) is 0.532. The predicted octanol–water partition coefficient (Wildman–Crippen LogP) is 1.02. The van der Waals surface area contributed by atoms with E-state index in [1.807, 2.05) is 0 Å². The van der Waals surface area contributed by atoms with Crippen molar-refractivity contribution in [2.45, 2.75) is 35.1 Å². The molecule has 0 atom stereocenters. The van der Waals surface area contributed by atoms with Crippen molar-refractivity contribution in [3.63, 3.8) is 0 Å². The van der Waals surface area contributed by atoms with Gasteiger partial charge in [0, 0.05) is 20.5 Å². The average molecular weight is 226 g/mol. The predicted molar refractivity (Wildman–Crippen MR) is 57.8 cm³/mol. The summed E-state index contributed by atoms with van der Waals surface area (Å²) < 4.78 is 0. The molecule has 0 bridgehead atoms. The molecule has 0 amide bonds. The molecule has 0 aliphatic carbocycles. The molecule has 0 aromatic rings. The molecule has 94 valence electrons. The highest BCUT2D eigenvalue weighted by Crippen LogP contribution is 1.42. The van der Waals surface area contributed by atoms with Crippen LogP contribution in [0.3, 0.4) is 0 Å². The van der Waals surface area contributed by atoms with E-state index in [0.717, 1.165) is 20.1 Å². The van der Waals surface area contributed by atoms with Gasteiger partial charge in [-0.15, -0.1) is 0 Å². The van der Waals surface area contributed by atoms with Crippen LogP contribution in [0.4, 0.5) is 0 Å². The van der Waals surface area contributed by atoms with E-state index in [1.165, 1.54) is 6.92 Å². The number of hydrogen-bond acceptors (Lipinski definition) is 4. The van der Waals surface area contributed by atoms with Gasteiger partial charge >= 0.3 is 0 Å². The number of hydrogen-bond donors (Lipinski definition) is 3. The van der Waals surface area contributed by atoms with Crippen molar-refractivity contribution in [2.24, 2.45) is 0 Å². The van der Waals surface area contributed by atoms with Gasteiger partial charge in [-0.1, -0.05) is 7.43 Å². The standard InChI is InChI=1S/2C2H4O2.C2H6O.C2H4O.CH4/c2*1-2(3)4;2*1-2-3;/h2*1H3,(H,3,4);3H,2H2,1H3;2H,1H3;1H4. The fourth-order valence-corrected chi connectivity index (χ4v) is 0. The van der Waals surface area contributed by atoms with Gasteiger partial charge < -0.3 is 20.1 Å². The minimum Gasteiger partial charge on any atom is -0.481 e. The molecule has 0 aliphatic rings. The van der Waals surface area contributed by atoms with Crippen LogP contribution in [0, 0.1) is 0 Å². The normalized spacial score (nSPS) is 5.40. The highest BCUT2D eigenvalue weighted by molar-refractivity contribution is 5.63. The molecule has 15 heavy (non-hydrogen) atoms. The lowest BCUT2D eigenvalue weighted by molar-refractivity contribution is -0.135. The molecule has 0 rings (SSSR count). The van der Waals surface area contributed by atoms with Crippen molar-refractivity contribution in [3.05, 3.63) is 0 Å². The van der Waals surface area contributed by atoms with Crippen LogP contribution in [0.1, 0.15) is 35.1 Å². The molecule has 0 saturated heterocycles. The molecule has 0 aromatic heterocycles. The summed E-state index contributed by atoms with van der Waals surface area (Å²) in [7, 11) is 0.